The Balaban J connectivity index is 1.51. The van der Waals surface area contributed by atoms with E-state index in [0.717, 1.165) is 33.2 Å². The van der Waals surface area contributed by atoms with Gasteiger partial charge in [0.25, 0.3) is 0 Å². The van der Waals surface area contributed by atoms with Gasteiger partial charge in [-0.25, -0.2) is 14.5 Å². The van der Waals surface area contributed by atoms with Crippen molar-refractivity contribution in [2.24, 2.45) is 0 Å². The highest BCUT2D eigenvalue weighted by atomic mass is 35.5. The van der Waals surface area contributed by atoms with Crippen molar-refractivity contribution in [1.82, 2.24) is 19.6 Å². The van der Waals surface area contributed by atoms with Crippen molar-refractivity contribution in [1.29, 1.82) is 0 Å². The number of aromatic nitrogens is 4. The van der Waals surface area contributed by atoms with Crippen LogP contribution in [0.2, 0.25) is 10.0 Å². The van der Waals surface area contributed by atoms with Gasteiger partial charge in [-0.05, 0) is 29.1 Å². The molecule has 3 heterocycles. The van der Waals surface area contributed by atoms with Gasteiger partial charge in [-0.1, -0.05) is 89.9 Å². The predicted molar refractivity (Wildman–Crippen MR) is 138 cm³/mol. The molecule has 2 aromatic heterocycles. The van der Waals surface area contributed by atoms with E-state index in [0.29, 0.717) is 33.0 Å². The van der Waals surface area contributed by atoms with Gasteiger partial charge in [0.1, 0.15) is 12.1 Å². The molecular weight excluding hydrogens is 479 g/mol. The van der Waals surface area contributed by atoms with Gasteiger partial charge in [0, 0.05) is 27.5 Å². The monoisotopic (exact) mass is 494 g/mol. The minimum Gasteiger partial charge on any atom is -0.438 e. The van der Waals surface area contributed by atoms with Gasteiger partial charge < -0.3 is 4.74 Å². The highest BCUT2D eigenvalue weighted by Gasteiger charge is 2.34. The summed E-state index contributed by atoms with van der Waals surface area (Å²) in [4.78, 5) is 9.56. The first-order chi connectivity index (χ1) is 17.2. The molecule has 5 nitrogen and oxygen atoms in total. The van der Waals surface area contributed by atoms with Crippen LogP contribution in [0.15, 0.2) is 91.3 Å². The molecule has 0 saturated carbocycles. The van der Waals surface area contributed by atoms with Crippen LogP contribution in [0.3, 0.4) is 0 Å². The Morgan fingerprint density at radius 2 is 1.69 bits per heavy atom. The number of ether oxygens (including phenoxy) is 1. The third kappa shape index (κ3) is 3.20. The summed E-state index contributed by atoms with van der Waals surface area (Å²) in [6, 6.07) is 28.1. The van der Waals surface area contributed by atoms with Crippen molar-refractivity contribution in [2.75, 3.05) is 0 Å². The molecule has 1 aliphatic rings. The number of nitrogens with zero attached hydrogens (tertiary/aromatic N) is 4. The molecule has 7 heteroatoms. The van der Waals surface area contributed by atoms with Crippen molar-refractivity contribution in [2.45, 2.75) is 5.92 Å². The minimum absolute atomic E-state index is 0.131. The maximum absolute atomic E-state index is 6.47. The molecule has 0 N–H and O–H groups in total. The Morgan fingerprint density at radius 1 is 0.857 bits per heavy atom. The van der Waals surface area contributed by atoms with E-state index < -0.39 is 0 Å². The van der Waals surface area contributed by atoms with Crippen molar-refractivity contribution >= 4 is 39.6 Å². The quantitative estimate of drug-likeness (QED) is 0.249. The van der Waals surface area contributed by atoms with Gasteiger partial charge in [0.15, 0.2) is 11.5 Å². The predicted octanol–water partition coefficient (Wildman–Crippen LogP) is 7.54. The van der Waals surface area contributed by atoms with Gasteiger partial charge in [-0.2, -0.15) is 0 Å². The zero-order valence-corrected chi connectivity index (χ0v) is 19.7. The molecule has 7 rings (SSSR count). The number of fused-ring (bicyclic) bond motifs is 6. The number of hydrogen-bond acceptors (Lipinski definition) is 4. The van der Waals surface area contributed by atoms with Gasteiger partial charge in [-0.3, -0.25) is 0 Å². The number of halogens is 2. The molecular formula is C28H16Cl2N4O. The Morgan fingerprint density at radius 3 is 2.54 bits per heavy atom. The lowest BCUT2D eigenvalue weighted by atomic mass is 9.83. The first-order valence-corrected chi connectivity index (χ1v) is 11.9. The fourth-order valence-corrected chi connectivity index (χ4v) is 5.32. The molecule has 0 saturated heterocycles. The fourth-order valence-electron chi connectivity index (χ4n) is 4.82. The molecule has 35 heavy (non-hydrogen) atoms. The summed E-state index contributed by atoms with van der Waals surface area (Å²) in [6.45, 7) is 0. The second-order valence-corrected chi connectivity index (χ2v) is 9.29. The van der Waals surface area contributed by atoms with Crippen LogP contribution in [0.4, 0.5) is 0 Å². The van der Waals surface area contributed by atoms with E-state index in [2.05, 4.69) is 46.5 Å². The molecule has 1 atom stereocenters. The van der Waals surface area contributed by atoms with Crippen LogP contribution in [0.5, 0.6) is 11.6 Å². The third-order valence-corrected chi connectivity index (χ3v) is 6.95. The number of rotatable bonds is 2. The molecule has 0 spiro atoms. The van der Waals surface area contributed by atoms with Crippen molar-refractivity contribution < 1.29 is 4.74 Å². The highest BCUT2D eigenvalue weighted by molar-refractivity contribution is 6.36. The van der Waals surface area contributed by atoms with E-state index in [1.807, 2.05) is 36.4 Å². The molecule has 0 amide bonds. The van der Waals surface area contributed by atoms with Crippen molar-refractivity contribution in [3.8, 4) is 23.0 Å². The smallest absolute Gasteiger partial charge is 0.228 e. The normalized spacial score (nSPS) is 14.5. The molecule has 0 unspecified atom stereocenters. The van der Waals surface area contributed by atoms with Crippen molar-refractivity contribution in [3.05, 3.63) is 118 Å². The summed E-state index contributed by atoms with van der Waals surface area (Å²) in [7, 11) is 0. The summed E-state index contributed by atoms with van der Waals surface area (Å²) in [5.41, 5.74) is 4.42. The molecule has 0 aliphatic carbocycles. The van der Waals surface area contributed by atoms with E-state index in [4.69, 9.17) is 32.9 Å². The van der Waals surface area contributed by atoms with Crippen LogP contribution in [-0.2, 0) is 0 Å². The van der Waals surface area contributed by atoms with Crippen LogP contribution >= 0.6 is 23.2 Å². The lowest BCUT2D eigenvalue weighted by molar-refractivity contribution is 0.437. The summed E-state index contributed by atoms with van der Waals surface area (Å²) >= 11 is 12.6. The van der Waals surface area contributed by atoms with E-state index in [9.17, 15) is 0 Å². The summed E-state index contributed by atoms with van der Waals surface area (Å²) in [5, 5.41) is 7.89. The average Bonchev–Trinajstić information content (AvgIpc) is 3.32. The summed E-state index contributed by atoms with van der Waals surface area (Å²) < 4.78 is 8.15. The van der Waals surface area contributed by atoms with Crippen molar-refractivity contribution in [3.63, 3.8) is 0 Å². The van der Waals surface area contributed by atoms with Crippen LogP contribution in [0.25, 0.3) is 27.8 Å². The lowest BCUT2D eigenvalue weighted by Crippen LogP contribution is -2.15. The van der Waals surface area contributed by atoms with E-state index in [1.165, 1.54) is 0 Å². The van der Waals surface area contributed by atoms with E-state index >= 15 is 0 Å². The topological polar surface area (TPSA) is 52.3 Å². The molecule has 0 bridgehead atoms. The largest absolute Gasteiger partial charge is 0.438 e. The Hall–Kier alpha value is -3.93. The SMILES string of the molecule is Clc1ccc(-c2nc3c4c(ncn3n2)Oc2c(ccc3ccccc23)[C@@H]4c2ccccc2)c(Cl)c1. The number of benzene rings is 4. The third-order valence-electron chi connectivity index (χ3n) is 6.40. The van der Waals surface area contributed by atoms with Crippen LogP contribution < -0.4 is 4.74 Å². The second-order valence-electron chi connectivity index (χ2n) is 8.44. The first-order valence-electron chi connectivity index (χ1n) is 11.1. The Labute approximate surface area is 210 Å². The first kappa shape index (κ1) is 20.4. The molecule has 1 aliphatic heterocycles. The summed E-state index contributed by atoms with van der Waals surface area (Å²) in [5.74, 6) is 1.71. The molecule has 0 fully saturated rings. The van der Waals surface area contributed by atoms with Gasteiger partial charge in [0.05, 0.1) is 10.6 Å². The zero-order chi connectivity index (χ0) is 23.5. The van der Waals surface area contributed by atoms with Gasteiger partial charge in [0.2, 0.25) is 5.88 Å². The van der Waals surface area contributed by atoms with E-state index in [1.54, 1.807) is 23.0 Å². The van der Waals surface area contributed by atoms with E-state index in [-0.39, 0.29) is 5.92 Å². The van der Waals surface area contributed by atoms with Crippen LogP contribution in [0, 0.1) is 0 Å². The lowest BCUT2D eigenvalue weighted by Gasteiger charge is -2.28. The van der Waals surface area contributed by atoms with Crippen LogP contribution in [-0.4, -0.2) is 19.6 Å². The maximum atomic E-state index is 6.47. The number of hydrogen-bond donors (Lipinski definition) is 0. The van der Waals surface area contributed by atoms with Gasteiger partial charge >= 0.3 is 0 Å². The van der Waals surface area contributed by atoms with Crippen LogP contribution in [0.1, 0.15) is 22.6 Å². The fraction of sp³-hybridized carbons (Fsp3) is 0.0357. The molecule has 168 valence electrons. The summed E-state index contributed by atoms with van der Waals surface area (Å²) in [6.07, 6.45) is 1.63. The zero-order valence-electron chi connectivity index (χ0n) is 18.2. The average molecular weight is 495 g/mol. The maximum Gasteiger partial charge on any atom is 0.228 e. The molecule has 6 aromatic rings. The highest BCUT2D eigenvalue weighted by Crippen LogP contribution is 2.50. The van der Waals surface area contributed by atoms with Gasteiger partial charge in [-0.15, -0.1) is 5.10 Å². The minimum atomic E-state index is -0.131. The standard InChI is InChI=1S/C28H16Cl2N4O/c29-18-11-13-20(22(30)14-18)26-32-27-24-23(17-7-2-1-3-8-17)21-12-10-16-6-4-5-9-19(16)25(21)35-28(24)31-15-34(27)33-26/h1-15,23H/t23-/m0/s1. The Kier molecular flexibility index (Phi) is 4.56. The second kappa shape index (κ2) is 7.80. The molecule has 0 radical (unpaired) electrons. The molecule has 4 aromatic carbocycles. The Bertz CT molecular complexity index is 1760.